The lowest BCUT2D eigenvalue weighted by Gasteiger charge is -2.25. The summed E-state index contributed by atoms with van der Waals surface area (Å²) in [7, 11) is 0. The third-order valence-electron chi connectivity index (χ3n) is 2.55. The van der Waals surface area contributed by atoms with E-state index in [1.54, 1.807) is 0 Å². The van der Waals surface area contributed by atoms with Crippen LogP contribution in [0.5, 0.6) is 0 Å². The highest BCUT2D eigenvalue weighted by molar-refractivity contribution is 4.71. The molecule has 14 heavy (non-hydrogen) atoms. The normalized spacial score (nSPS) is 12.0. The summed E-state index contributed by atoms with van der Waals surface area (Å²) in [6.45, 7) is 8.41. The van der Waals surface area contributed by atoms with Gasteiger partial charge < -0.3 is 5.32 Å². The van der Waals surface area contributed by atoms with Gasteiger partial charge in [0.1, 0.15) is 0 Å². The molecule has 0 amide bonds. The number of nitrogens with one attached hydrogen (secondary N) is 1. The van der Waals surface area contributed by atoms with Gasteiger partial charge in [-0.2, -0.15) is 0 Å². The summed E-state index contributed by atoms with van der Waals surface area (Å²) in [5, 5.41) is 3.31. The molecule has 0 radical (unpaired) electrons. The van der Waals surface area contributed by atoms with E-state index in [2.05, 4.69) is 26.1 Å². The van der Waals surface area contributed by atoms with Crippen molar-refractivity contribution in [1.29, 1.82) is 0 Å². The van der Waals surface area contributed by atoms with Gasteiger partial charge in [0.25, 0.3) is 0 Å². The smallest absolute Gasteiger partial charge is 0.0906 e. The van der Waals surface area contributed by atoms with E-state index in [1.165, 1.54) is 25.7 Å². The molecule has 0 saturated heterocycles. The molecule has 0 spiro atoms. The number of hydrogen-bond acceptors (Lipinski definition) is 1. The number of halogens is 1. The Morgan fingerprint density at radius 2 is 1.86 bits per heavy atom. The molecule has 0 fully saturated rings. The van der Waals surface area contributed by atoms with Crippen LogP contribution in [0.1, 0.15) is 52.9 Å². The summed E-state index contributed by atoms with van der Waals surface area (Å²) in [5.74, 6) is 0. The molecular formula is C12H26FN. The van der Waals surface area contributed by atoms with Crippen LogP contribution in [0.4, 0.5) is 4.39 Å². The van der Waals surface area contributed by atoms with Crippen LogP contribution in [0.2, 0.25) is 0 Å². The first kappa shape index (κ1) is 13.9. The highest BCUT2D eigenvalue weighted by Crippen LogP contribution is 2.22. The number of hydrogen-bond donors (Lipinski definition) is 1. The Balaban J connectivity index is 3.40. The van der Waals surface area contributed by atoms with Gasteiger partial charge in [0.15, 0.2) is 0 Å². The van der Waals surface area contributed by atoms with Crippen LogP contribution in [0.3, 0.4) is 0 Å². The summed E-state index contributed by atoms with van der Waals surface area (Å²) >= 11 is 0. The summed E-state index contributed by atoms with van der Waals surface area (Å²) in [6, 6.07) is 0. The first-order valence-electron chi connectivity index (χ1n) is 5.89. The van der Waals surface area contributed by atoms with Crippen molar-refractivity contribution in [3.8, 4) is 0 Å². The van der Waals surface area contributed by atoms with Gasteiger partial charge in [-0.25, -0.2) is 0 Å². The molecule has 0 unspecified atom stereocenters. The van der Waals surface area contributed by atoms with Gasteiger partial charge in [-0.15, -0.1) is 0 Å². The van der Waals surface area contributed by atoms with Crippen LogP contribution in [0, 0.1) is 5.41 Å². The average molecular weight is 203 g/mol. The molecule has 86 valence electrons. The quantitative estimate of drug-likeness (QED) is 0.565. The van der Waals surface area contributed by atoms with E-state index >= 15 is 0 Å². The second-order valence-corrected chi connectivity index (χ2v) is 4.84. The molecule has 0 aromatic heterocycles. The largest absolute Gasteiger partial charge is 0.316 e. The Hall–Kier alpha value is -0.110. The van der Waals surface area contributed by atoms with Gasteiger partial charge in [-0.1, -0.05) is 40.0 Å². The Kier molecular flexibility index (Phi) is 8.15. The molecule has 2 heteroatoms. The van der Waals surface area contributed by atoms with E-state index < -0.39 is 0 Å². The van der Waals surface area contributed by atoms with Crippen molar-refractivity contribution in [2.24, 2.45) is 5.41 Å². The van der Waals surface area contributed by atoms with Gasteiger partial charge in [-0.05, 0) is 24.8 Å². The maximum atomic E-state index is 11.8. The van der Waals surface area contributed by atoms with Crippen molar-refractivity contribution < 1.29 is 4.39 Å². The average Bonchev–Trinajstić information content (AvgIpc) is 2.13. The Morgan fingerprint density at radius 3 is 2.43 bits per heavy atom. The van der Waals surface area contributed by atoms with Crippen molar-refractivity contribution in [3.05, 3.63) is 0 Å². The lowest BCUT2D eigenvalue weighted by atomic mass is 9.87. The minimum atomic E-state index is -0.205. The van der Waals surface area contributed by atoms with E-state index in [4.69, 9.17) is 0 Å². The molecule has 0 heterocycles. The zero-order chi connectivity index (χ0) is 10.9. The lowest BCUT2D eigenvalue weighted by molar-refractivity contribution is 0.299. The second-order valence-electron chi connectivity index (χ2n) is 4.84. The molecule has 0 aliphatic carbocycles. The van der Waals surface area contributed by atoms with E-state index in [-0.39, 0.29) is 6.67 Å². The van der Waals surface area contributed by atoms with Crippen molar-refractivity contribution in [2.75, 3.05) is 19.8 Å². The lowest BCUT2D eigenvalue weighted by Crippen LogP contribution is -2.30. The van der Waals surface area contributed by atoms with Crippen LogP contribution in [0.25, 0.3) is 0 Å². The highest BCUT2D eigenvalue weighted by Gasteiger charge is 2.15. The molecule has 0 aliphatic heterocycles. The Bertz CT molecular complexity index is 123. The second kappa shape index (κ2) is 8.22. The third-order valence-corrected chi connectivity index (χ3v) is 2.55. The van der Waals surface area contributed by atoms with E-state index in [0.29, 0.717) is 11.8 Å². The predicted molar refractivity (Wildman–Crippen MR) is 61.4 cm³/mol. The summed E-state index contributed by atoms with van der Waals surface area (Å²) < 4.78 is 11.8. The van der Waals surface area contributed by atoms with Gasteiger partial charge in [0, 0.05) is 6.54 Å². The van der Waals surface area contributed by atoms with Crippen LogP contribution in [-0.4, -0.2) is 19.8 Å². The van der Waals surface area contributed by atoms with Gasteiger partial charge >= 0.3 is 0 Å². The van der Waals surface area contributed by atoms with Gasteiger partial charge in [0.05, 0.1) is 6.67 Å². The molecule has 0 aromatic rings. The van der Waals surface area contributed by atoms with E-state index in [1.807, 2.05) is 0 Å². The molecule has 1 N–H and O–H groups in total. The van der Waals surface area contributed by atoms with E-state index in [0.717, 1.165) is 13.1 Å². The molecule has 0 rings (SSSR count). The monoisotopic (exact) mass is 203 g/mol. The van der Waals surface area contributed by atoms with Crippen molar-refractivity contribution in [1.82, 2.24) is 5.32 Å². The van der Waals surface area contributed by atoms with Gasteiger partial charge in [-0.3, -0.25) is 4.39 Å². The van der Waals surface area contributed by atoms with Crippen LogP contribution in [0.15, 0.2) is 0 Å². The van der Waals surface area contributed by atoms with E-state index in [9.17, 15) is 4.39 Å². The SMILES string of the molecule is CCCCCC(C)(C)CNCCCF. The number of rotatable bonds is 9. The first-order chi connectivity index (χ1) is 6.62. The molecule has 0 aliphatic rings. The molecule has 0 saturated carbocycles. The molecule has 1 nitrogen and oxygen atoms in total. The fourth-order valence-electron chi connectivity index (χ4n) is 1.56. The molecule has 0 bridgehead atoms. The number of unbranched alkanes of at least 4 members (excludes halogenated alkanes) is 2. The molecule has 0 aromatic carbocycles. The van der Waals surface area contributed by atoms with Crippen molar-refractivity contribution in [3.63, 3.8) is 0 Å². The van der Waals surface area contributed by atoms with Gasteiger partial charge in [0.2, 0.25) is 0 Å². The summed E-state index contributed by atoms with van der Waals surface area (Å²) in [6.07, 6.45) is 5.84. The Labute approximate surface area is 88.5 Å². The topological polar surface area (TPSA) is 12.0 Å². The van der Waals surface area contributed by atoms with Crippen molar-refractivity contribution in [2.45, 2.75) is 52.9 Å². The van der Waals surface area contributed by atoms with Crippen LogP contribution < -0.4 is 5.32 Å². The van der Waals surface area contributed by atoms with Crippen LogP contribution >= 0.6 is 0 Å². The first-order valence-corrected chi connectivity index (χ1v) is 5.89. The minimum absolute atomic E-state index is 0.205. The number of alkyl halides is 1. The Morgan fingerprint density at radius 1 is 1.14 bits per heavy atom. The fourth-order valence-corrected chi connectivity index (χ4v) is 1.56. The predicted octanol–water partition coefficient (Wildman–Crippen LogP) is 3.54. The third kappa shape index (κ3) is 8.49. The molecular weight excluding hydrogens is 177 g/mol. The zero-order valence-corrected chi connectivity index (χ0v) is 10.0. The summed E-state index contributed by atoms with van der Waals surface area (Å²) in [4.78, 5) is 0. The minimum Gasteiger partial charge on any atom is -0.316 e. The maximum Gasteiger partial charge on any atom is 0.0906 e. The van der Waals surface area contributed by atoms with Crippen molar-refractivity contribution >= 4 is 0 Å². The fraction of sp³-hybridized carbons (Fsp3) is 1.00. The summed E-state index contributed by atoms with van der Waals surface area (Å²) in [5.41, 5.74) is 0.367. The highest BCUT2D eigenvalue weighted by atomic mass is 19.1. The molecule has 0 atom stereocenters. The standard InChI is InChI=1S/C12H26FN/c1-4-5-6-8-12(2,3)11-14-10-7-9-13/h14H,4-11H2,1-3H3. The maximum absolute atomic E-state index is 11.8. The zero-order valence-electron chi connectivity index (χ0n) is 10.0. The van der Waals surface area contributed by atoms with Crippen LogP contribution in [-0.2, 0) is 0 Å².